The molecule has 0 radical (unpaired) electrons. The zero-order valence-corrected chi connectivity index (χ0v) is 23.4. The number of aromatic nitrogens is 1. The predicted octanol–water partition coefficient (Wildman–Crippen LogP) is 5.43. The number of anilines is 1. The number of hydrogen-bond donors (Lipinski definition) is 3. The van der Waals surface area contributed by atoms with Crippen molar-refractivity contribution in [3.63, 3.8) is 0 Å². The third-order valence-electron chi connectivity index (χ3n) is 6.22. The molecule has 0 fully saturated rings. The van der Waals surface area contributed by atoms with Crippen LogP contribution in [-0.4, -0.2) is 30.4 Å². The van der Waals surface area contributed by atoms with Crippen molar-refractivity contribution in [1.29, 1.82) is 0 Å². The molecule has 40 heavy (non-hydrogen) atoms. The Balaban J connectivity index is 1.19. The van der Waals surface area contributed by atoms with E-state index in [1.807, 2.05) is 56.5 Å². The average Bonchev–Trinajstić information content (AvgIpc) is 3.56. The van der Waals surface area contributed by atoms with E-state index in [9.17, 15) is 18.0 Å². The summed E-state index contributed by atoms with van der Waals surface area (Å²) in [6.45, 7) is 3.89. The largest absolute Gasteiger partial charge is 0.361 e. The van der Waals surface area contributed by atoms with Crippen LogP contribution in [-0.2, 0) is 26.0 Å². The third-order valence-corrected chi connectivity index (χ3v) is 8.51. The van der Waals surface area contributed by atoms with Gasteiger partial charge in [-0.2, -0.15) is 4.99 Å². The van der Waals surface area contributed by atoms with E-state index >= 15 is 0 Å². The van der Waals surface area contributed by atoms with Gasteiger partial charge in [0.15, 0.2) is 5.17 Å². The minimum Gasteiger partial charge on any atom is -0.361 e. The van der Waals surface area contributed by atoms with Crippen LogP contribution in [0.2, 0.25) is 0 Å². The summed E-state index contributed by atoms with van der Waals surface area (Å²) in [6.07, 6.45) is 3.59. The van der Waals surface area contributed by atoms with E-state index in [-0.39, 0.29) is 17.2 Å². The van der Waals surface area contributed by atoms with Crippen molar-refractivity contribution in [2.75, 3.05) is 5.32 Å². The number of aryl methyl sites for hydroxylation is 2. The number of thioether (sulfide) groups is 1. The Hall–Kier alpha value is -4.41. The lowest BCUT2D eigenvalue weighted by atomic mass is 10.0. The monoisotopic (exact) mass is 570 g/mol. The number of carbonyl (C=O) groups excluding carboxylic acids is 2. The fourth-order valence-corrected chi connectivity index (χ4v) is 5.93. The standard InChI is InChI=1S/C30H26N4O4S2/c1-19-5-13-24(14-6-19)40(37,38)34-28(35)18-21-9-11-23(12-10-21)32-30-33-29(36)27(39-30)17-22-8-7-20(2)25(16-22)26-4-3-15-31-26/h3-17,31H,18H2,1-2H3,(H,34,35)(H,32,33,36). The highest BCUT2D eigenvalue weighted by molar-refractivity contribution is 8.18. The number of hydrogen-bond acceptors (Lipinski definition) is 6. The topological polar surface area (TPSA) is 120 Å². The lowest BCUT2D eigenvalue weighted by Crippen LogP contribution is -2.31. The molecule has 1 aliphatic rings. The van der Waals surface area contributed by atoms with Crippen LogP contribution in [0.25, 0.3) is 17.3 Å². The molecule has 0 spiro atoms. The van der Waals surface area contributed by atoms with E-state index in [2.05, 4.69) is 20.0 Å². The molecule has 1 aliphatic heterocycles. The average molecular weight is 571 g/mol. The van der Waals surface area contributed by atoms with Crippen LogP contribution in [0.15, 0.2) is 99.9 Å². The summed E-state index contributed by atoms with van der Waals surface area (Å²) in [6, 6.07) is 23.2. The molecule has 0 atom stereocenters. The van der Waals surface area contributed by atoms with Crippen LogP contribution in [0.4, 0.5) is 5.69 Å². The Bertz CT molecular complexity index is 1740. The first-order valence-corrected chi connectivity index (χ1v) is 14.7. The number of nitrogens with one attached hydrogen (secondary N) is 3. The molecular formula is C30H26N4O4S2. The number of amidine groups is 1. The smallest absolute Gasteiger partial charge is 0.286 e. The van der Waals surface area contributed by atoms with Gasteiger partial charge in [0.2, 0.25) is 5.91 Å². The molecule has 3 aromatic carbocycles. The van der Waals surface area contributed by atoms with Gasteiger partial charge in [0.25, 0.3) is 15.9 Å². The van der Waals surface area contributed by atoms with Gasteiger partial charge >= 0.3 is 0 Å². The zero-order chi connectivity index (χ0) is 28.3. The first kappa shape index (κ1) is 27.2. The quantitative estimate of drug-likeness (QED) is 0.255. The van der Waals surface area contributed by atoms with E-state index < -0.39 is 15.9 Å². The molecule has 3 N–H and O–H groups in total. The van der Waals surface area contributed by atoms with Gasteiger partial charge in [0, 0.05) is 23.1 Å². The molecular weight excluding hydrogens is 544 g/mol. The molecule has 0 aliphatic carbocycles. The van der Waals surface area contributed by atoms with Crippen molar-refractivity contribution in [2.45, 2.75) is 25.2 Å². The number of rotatable bonds is 7. The molecule has 1 aromatic heterocycles. The summed E-state index contributed by atoms with van der Waals surface area (Å²) in [4.78, 5) is 32.8. The Kier molecular flexibility index (Phi) is 7.72. The maximum atomic E-state index is 12.6. The van der Waals surface area contributed by atoms with Crippen LogP contribution in [0, 0.1) is 13.8 Å². The highest BCUT2D eigenvalue weighted by atomic mass is 32.2. The molecule has 2 heterocycles. The number of sulfonamides is 1. The molecule has 0 saturated heterocycles. The van der Waals surface area contributed by atoms with Gasteiger partial charge in [-0.1, -0.05) is 42.0 Å². The van der Waals surface area contributed by atoms with Gasteiger partial charge < -0.3 is 10.3 Å². The van der Waals surface area contributed by atoms with Crippen LogP contribution in [0.3, 0.4) is 0 Å². The Labute approximate surface area is 236 Å². The highest BCUT2D eigenvalue weighted by Gasteiger charge is 2.22. The second-order valence-electron chi connectivity index (χ2n) is 9.33. The molecule has 2 amide bonds. The fraction of sp³-hybridized carbons (Fsp3) is 0.100. The minimum absolute atomic E-state index is 0.0344. The number of H-pyrrole nitrogens is 1. The second kappa shape index (κ2) is 11.4. The molecule has 0 bridgehead atoms. The van der Waals surface area contributed by atoms with Crippen molar-refractivity contribution in [1.82, 2.24) is 9.71 Å². The van der Waals surface area contributed by atoms with Gasteiger partial charge in [-0.25, -0.2) is 13.1 Å². The maximum absolute atomic E-state index is 12.6. The summed E-state index contributed by atoms with van der Waals surface area (Å²) in [7, 11) is -3.94. The zero-order valence-electron chi connectivity index (χ0n) is 21.8. The van der Waals surface area contributed by atoms with Crippen LogP contribution in [0.1, 0.15) is 22.3 Å². The van der Waals surface area contributed by atoms with Crippen LogP contribution < -0.4 is 10.0 Å². The molecule has 202 valence electrons. The number of nitrogens with zero attached hydrogens (tertiary/aromatic N) is 1. The lowest BCUT2D eigenvalue weighted by molar-refractivity contribution is -0.118. The maximum Gasteiger partial charge on any atom is 0.286 e. The summed E-state index contributed by atoms with van der Waals surface area (Å²) in [5, 5.41) is 3.57. The lowest BCUT2D eigenvalue weighted by Gasteiger charge is -2.09. The number of carbonyl (C=O) groups is 2. The van der Waals surface area contributed by atoms with E-state index in [0.29, 0.717) is 21.3 Å². The van der Waals surface area contributed by atoms with E-state index in [1.54, 1.807) is 36.4 Å². The van der Waals surface area contributed by atoms with Crippen molar-refractivity contribution >= 4 is 50.5 Å². The minimum atomic E-state index is -3.94. The third kappa shape index (κ3) is 6.41. The first-order valence-electron chi connectivity index (χ1n) is 12.4. The molecule has 5 rings (SSSR count). The molecule has 0 unspecified atom stereocenters. The van der Waals surface area contributed by atoms with Gasteiger partial charge in [0.1, 0.15) is 0 Å². The van der Waals surface area contributed by atoms with E-state index in [1.165, 1.54) is 23.9 Å². The SMILES string of the molecule is Cc1ccc(S(=O)(=O)NC(=O)Cc2ccc(NC3=NC(=O)C(=Cc4ccc(C)c(-c5ccc[nH]5)c4)S3)cc2)cc1. The van der Waals surface area contributed by atoms with Crippen LogP contribution >= 0.6 is 11.8 Å². The number of aromatic amines is 1. The summed E-state index contributed by atoms with van der Waals surface area (Å²) < 4.78 is 27.0. The summed E-state index contributed by atoms with van der Waals surface area (Å²) in [5.41, 5.74) is 6.34. The number of aliphatic imine (C=N–C) groups is 1. The van der Waals surface area contributed by atoms with Crippen molar-refractivity contribution in [2.24, 2.45) is 4.99 Å². The molecule has 10 heteroatoms. The predicted molar refractivity (Wildman–Crippen MR) is 159 cm³/mol. The number of amides is 2. The van der Waals surface area contributed by atoms with Crippen molar-refractivity contribution < 1.29 is 18.0 Å². The Morgan fingerprint density at radius 2 is 1.75 bits per heavy atom. The van der Waals surface area contributed by atoms with Gasteiger partial charge in [-0.05, 0) is 90.8 Å². The Morgan fingerprint density at radius 1 is 1.00 bits per heavy atom. The van der Waals surface area contributed by atoms with Crippen molar-refractivity contribution in [3.8, 4) is 11.3 Å². The van der Waals surface area contributed by atoms with E-state index in [4.69, 9.17) is 0 Å². The van der Waals surface area contributed by atoms with Crippen molar-refractivity contribution in [3.05, 3.63) is 112 Å². The van der Waals surface area contributed by atoms with Crippen LogP contribution in [0.5, 0.6) is 0 Å². The molecule has 4 aromatic rings. The van der Waals surface area contributed by atoms with Gasteiger partial charge in [-0.3, -0.25) is 9.59 Å². The summed E-state index contributed by atoms with van der Waals surface area (Å²) >= 11 is 1.25. The number of benzene rings is 3. The molecule has 0 saturated carbocycles. The van der Waals surface area contributed by atoms with Gasteiger partial charge in [-0.15, -0.1) is 0 Å². The second-order valence-corrected chi connectivity index (χ2v) is 12.0. The normalized spacial score (nSPS) is 14.3. The molecule has 8 nitrogen and oxygen atoms in total. The fourth-order valence-electron chi connectivity index (χ4n) is 4.11. The van der Waals surface area contributed by atoms with E-state index in [0.717, 1.165) is 27.9 Å². The highest BCUT2D eigenvalue weighted by Crippen LogP contribution is 2.31. The van der Waals surface area contributed by atoms with Gasteiger partial charge in [0.05, 0.1) is 16.2 Å². The summed E-state index contributed by atoms with van der Waals surface area (Å²) in [5.74, 6) is -0.953. The first-order chi connectivity index (χ1) is 19.2. The Morgan fingerprint density at radius 3 is 2.45 bits per heavy atom.